The maximum absolute atomic E-state index is 11.7. The first kappa shape index (κ1) is 17.9. The van der Waals surface area contributed by atoms with Crippen LogP contribution in [0.15, 0.2) is 0 Å². The molecule has 0 aromatic heterocycles. The molecule has 1 amide bonds. The van der Waals surface area contributed by atoms with Gasteiger partial charge >= 0.3 is 6.09 Å². The van der Waals surface area contributed by atoms with Gasteiger partial charge in [-0.25, -0.2) is 4.79 Å². The van der Waals surface area contributed by atoms with Crippen LogP contribution in [-0.4, -0.2) is 43.0 Å². The van der Waals surface area contributed by atoms with Gasteiger partial charge in [-0.15, -0.1) is 0 Å². The molecule has 19 heavy (non-hydrogen) atoms. The lowest BCUT2D eigenvalue weighted by atomic mass is 10.0. The molecule has 0 saturated carbocycles. The van der Waals surface area contributed by atoms with Gasteiger partial charge < -0.3 is 24.3 Å². The van der Waals surface area contributed by atoms with Crippen LogP contribution in [0.25, 0.3) is 0 Å². The smallest absolute Gasteiger partial charge is 0.408 e. The molecule has 0 heterocycles. The molecule has 0 aliphatic carbocycles. The Morgan fingerprint density at radius 2 is 1.63 bits per heavy atom. The minimum absolute atomic E-state index is 0.365. The summed E-state index contributed by atoms with van der Waals surface area (Å²) in [5, 5.41) is 2.49. The second-order valence-corrected chi connectivity index (χ2v) is 5.27. The summed E-state index contributed by atoms with van der Waals surface area (Å²) in [4.78, 5) is 23.0. The number of carbonyl (C=O) groups excluding carboxylic acids is 2. The number of alkyl carbamates (subject to hydrolysis) is 1. The molecule has 0 fully saturated rings. The third-order valence-corrected chi connectivity index (χ3v) is 2.14. The molecule has 0 aliphatic heterocycles. The van der Waals surface area contributed by atoms with Gasteiger partial charge in [-0.2, -0.15) is 0 Å². The standard InChI is InChI=1S/C13H25NO5/c1-7-17-10(18-8-2)13(6,9-15)14-11(16)19-12(3,4)5/h9-10H,7-8H2,1-6H3,(H,14,16). The van der Waals surface area contributed by atoms with Crippen LogP contribution in [0.1, 0.15) is 41.5 Å². The Balaban J connectivity index is 4.82. The minimum Gasteiger partial charge on any atom is -0.444 e. The predicted molar refractivity (Wildman–Crippen MR) is 70.9 cm³/mol. The van der Waals surface area contributed by atoms with E-state index in [4.69, 9.17) is 14.2 Å². The van der Waals surface area contributed by atoms with Gasteiger partial charge in [-0.1, -0.05) is 0 Å². The van der Waals surface area contributed by atoms with Crippen molar-refractivity contribution in [2.24, 2.45) is 0 Å². The van der Waals surface area contributed by atoms with Crippen molar-refractivity contribution in [1.29, 1.82) is 0 Å². The highest BCUT2D eigenvalue weighted by Gasteiger charge is 2.38. The third-order valence-electron chi connectivity index (χ3n) is 2.14. The molecule has 0 bridgehead atoms. The highest BCUT2D eigenvalue weighted by Crippen LogP contribution is 2.15. The Morgan fingerprint density at radius 1 is 1.16 bits per heavy atom. The van der Waals surface area contributed by atoms with Crippen molar-refractivity contribution in [2.75, 3.05) is 13.2 Å². The van der Waals surface area contributed by atoms with Gasteiger partial charge in [0.1, 0.15) is 17.4 Å². The second kappa shape index (κ2) is 7.45. The molecule has 0 rings (SSSR count). The van der Waals surface area contributed by atoms with E-state index in [0.717, 1.165) is 0 Å². The van der Waals surface area contributed by atoms with Crippen LogP contribution in [-0.2, 0) is 19.0 Å². The van der Waals surface area contributed by atoms with E-state index in [2.05, 4.69) is 5.32 Å². The molecule has 6 heteroatoms. The average Bonchev–Trinajstić information content (AvgIpc) is 2.25. The Bertz CT molecular complexity index is 294. The molecular weight excluding hydrogens is 250 g/mol. The fraction of sp³-hybridized carbons (Fsp3) is 0.846. The normalized spacial score (nSPS) is 14.9. The van der Waals surface area contributed by atoms with Gasteiger partial charge in [0.05, 0.1) is 0 Å². The van der Waals surface area contributed by atoms with Gasteiger partial charge in [0.2, 0.25) is 0 Å². The van der Waals surface area contributed by atoms with Gasteiger partial charge in [-0.05, 0) is 41.5 Å². The average molecular weight is 275 g/mol. The zero-order chi connectivity index (χ0) is 15.1. The van der Waals surface area contributed by atoms with Crippen molar-refractivity contribution in [2.45, 2.75) is 59.0 Å². The van der Waals surface area contributed by atoms with Crippen molar-refractivity contribution in [3.8, 4) is 0 Å². The zero-order valence-electron chi connectivity index (χ0n) is 12.6. The monoisotopic (exact) mass is 275 g/mol. The quantitative estimate of drug-likeness (QED) is 0.567. The highest BCUT2D eigenvalue weighted by atomic mass is 16.7. The summed E-state index contributed by atoms with van der Waals surface area (Å²) >= 11 is 0. The fourth-order valence-electron chi connectivity index (χ4n) is 1.36. The first-order valence-electron chi connectivity index (χ1n) is 6.39. The van der Waals surface area contributed by atoms with E-state index in [9.17, 15) is 9.59 Å². The molecule has 6 nitrogen and oxygen atoms in total. The zero-order valence-corrected chi connectivity index (χ0v) is 12.6. The van der Waals surface area contributed by atoms with Crippen LogP contribution in [0, 0.1) is 0 Å². The number of ether oxygens (including phenoxy) is 3. The number of hydrogen-bond donors (Lipinski definition) is 1. The summed E-state index contributed by atoms with van der Waals surface area (Å²) in [5.41, 5.74) is -1.94. The van der Waals surface area contributed by atoms with E-state index >= 15 is 0 Å². The predicted octanol–water partition coefficient (Wildman–Crippen LogP) is 1.87. The molecule has 112 valence electrons. The Morgan fingerprint density at radius 3 is 1.95 bits per heavy atom. The summed E-state index contributed by atoms with van der Waals surface area (Å²) in [7, 11) is 0. The van der Waals surface area contributed by atoms with Gasteiger partial charge in [0, 0.05) is 13.2 Å². The van der Waals surface area contributed by atoms with Gasteiger partial charge in [0.15, 0.2) is 6.29 Å². The maximum Gasteiger partial charge on any atom is 0.408 e. The lowest BCUT2D eigenvalue weighted by molar-refractivity contribution is -0.178. The number of amides is 1. The maximum atomic E-state index is 11.7. The first-order valence-corrected chi connectivity index (χ1v) is 6.39. The van der Waals surface area contributed by atoms with E-state index in [1.165, 1.54) is 6.92 Å². The molecule has 0 aromatic rings. The van der Waals surface area contributed by atoms with Crippen molar-refractivity contribution >= 4 is 12.4 Å². The summed E-state index contributed by atoms with van der Waals surface area (Å²) < 4.78 is 15.8. The fourth-order valence-corrected chi connectivity index (χ4v) is 1.36. The summed E-state index contributed by atoms with van der Waals surface area (Å²) in [5.74, 6) is 0. The van der Waals surface area contributed by atoms with E-state index in [0.29, 0.717) is 19.5 Å². The van der Waals surface area contributed by atoms with Crippen LogP contribution in [0.3, 0.4) is 0 Å². The topological polar surface area (TPSA) is 73.9 Å². The Labute approximate surface area is 114 Å². The number of carbonyl (C=O) groups is 2. The van der Waals surface area contributed by atoms with Crippen LogP contribution in [0.4, 0.5) is 4.79 Å². The van der Waals surface area contributed by atoms with Crippen LogP contribution in [0.5, 0.6) is 0 Å². The molecule has 1 N–H and O–H groups in total. The molecule has 0 aromatic carbocycles. The van der Waals surface area contributed by atoms with Crippen LogP contribution < -0.4 is 5.32 Å². The molecule has 0 radical (unpaired) electrons. The third kappa shape index (κ3) is 6.54. The molecular formula is C13H25NO5. The Kier molecular flexibility index (Phi) is 7.00. The second-order valence-electron chi connectivity index (χ2n) is 5.27. The SMILES string of the molecule is CCOC(OCC)C(C)(C=O)NC(=O)OC(C)(C)C. The Hall–Kier alpha value is -1.14. The summed E-state index contributed by atoms with van der Waals surface area (Å²) in [6.45, 7) is 11.1. The van der Waals surface area contributed by atoms with E-state index in [1.807, 2.05) is 0 Å². The lowest BCUT2D eigenvalue weighted by Crippen LogP contribution is -2.58. The molecule has 1 unspecified atom stereocenters. The van der Waals surface area contributed by atoms with Crippen molar-refractivity contribution < 1.29 is 23.8 Å². The van der Waals surface area contributed by atoms with Crippen LogP contribution in [0.2, 0.25) is 0 Å². The highest BCUT2D eigenvalue weighted by molar-refractivity contribution is 5.76. The molecule has 0 aliphatic rings. The van der Waals surface area contributed by atoms with Gasteiger partial charge in [0.25, 0.3) is 0 Å². The largest absolute Gasteiger partial charge is 0.444 e. The summed E-state index contributed by atoms with van der Waals surface area (Å²) in [6, 6.07) is 0. The van der Waals surface area contributed by atoms with Crippen molar-refractivity contribution in [1.82, 2.24) is 5.32 Å². The number of hydrogen-bond acceptors (Lipinski definition) is 5. The minimum atomic E-state index is -1.30. The van der Waals surface area contributed by atoms with Crippen molar-refractivity contribution in [3.63, 3.8) is 0 Å². The number of rotatable bonds is 7. The van der Waals surface area contributed by atoms with Crippen LogP contribution >= 0.6 is 0 Å². The summed E-state index contributed by atoms with van der Waals surface area (Å²) in [6.07, 6.45) is -0.952. The van der Waals surface area contributed by atoms with Crippen molar-refractivity contribution in [3.05, 3.63) is 0 Å². The van der Waals surface area contributed by atoms with E-state index < -0.39 is 23.5 Å². The number of aldehydes is 1. The first-order chi connectivity index (χ1) is 8.68. The molecule has 0 saturated heterocycles. The molecule has 1 atom stereocenters. The van der Waals surface area contributed by atoms with E-state index in [-0.39, 0.29) is 0 Å². The van der Waals surface area contributed by atoms with Gasteiger partial charge in [-0.3, -0.25) is 0 Å². The van der Waals surface area contributed by atoms with E-state index in [1.54, 1.807) is 34.6 Å². The number of nitrogens with one attached hydrogen (secondary N) is 1. The molecule has 0 spiro atoms. The lowest BCUT2D eigenvalue weighted by Gasteiger charge is -2.33.